The molecule has 29 heavy (non-hydrogen) atoms. The van der Waals surface area contributed by atoms with Gasteiger partial charge in [0.15, 0.2) is 10.1 Å². The fraction of sp³-hybridized carbons (Fsp3) is 0.917. The fourth-order valence-electron chi connectivity index (χ4n) is 3.38. The first kappa shape index (κ1) is 33.8. The molecule has 0 aliphatic carbocycles. The molecule has 0 aromatic carbocycles. The van der Waals surface area contributed by atoms with Crippen molar-refractivity contribution in [2.75, 3.05) is 24.6 Å². The number of aliphatic hydroxyl groups is 2. The molecular formula is C24H53O2PS2. The van der Waals surface area contributed by atoms with Crippen molar-refractivity contribution in [2.45, 2.75) is 119 Å². The van der Waals surface area contributed by atoms with E-state index in [2.05, 4.69) is 52.1 Å². The van der Waals surface area contributed by atoms with E-state index in [9.17, 15) is 0 Å². The molecule has 0 heterocycles. The molecule has 0 saturated heterocycles. The van der Waals surface area contributed by atoms with Crippen molar-refractivity contribution in [1.82, 2.24) is 0 Å². The third-order valence-corrected chi connectivity index (χ3v) is 11.2. The number of rotatable bonds is 16. The molecule has 0 aliphatic heterocycles. The van der Waals surface area contributed by atoms with Gasteiger partial charge in [-0.05, 0) is 37.3 Å². The Morgan fingerprint density at radius 2 is 0.759 bits per heavy atom. The van der Waals surface area contributed by atoms with Crippen LogP contribution in [0.5, 0.6) is 0 Å². The number of thiocarbonyl (C=S) groups is 2. The normalized spacial score (nSPS) is 11.0. The van der Waals surface area contributed by atoms with E-state index in [1.807, 2.05) is 13.8 Å². The van der Waals surface area contributed by atoms with Gasteiger partial charge in [-0.2, -0.15) is 0 Å². The predicted octanol–water partition coefficient (Wildman–Crippen LogP) is 9.28. The molecule has 0 bridgehead atoms. The van der Waals surface area contributed by atoms with E-state index >= 15 is 0 Å². The third kappa shape index (κ3) is 28.2. The van der Waals surface area contributed by atoms with Gasteiger partial charge in [0, 0.05) is 12.8 Å². The molecule has 2 N–H and O–H groups in total. The molecular weight excluding hydrogens is 415 g/mol. The SMILES string of the molecule is CCCC(O)=S.CCCC(O)=S.CCCC[PH](CCCC)(CCCC)CCCC. The van der Waals surface area contributed by atoms with Crippen LogP contribution in [0.25, 0.3) is 0 Å². The summed E-state index contributed by atoms with van der Waals surface area (Å²) in [6.45, 7) is 13.4. The first-order valence-corrected chi connectivity index (χ1v) is 15.9. The number of hydrogen-bond acceptors (Lipinski definition) is 2. The third-order valence-electron chi connectivity index (χ3n) is 5.17. The quantitative estimate of drug-likeness (QED) is 0.175. The van der Waals surface area contributed by atoms with Crippen LogP contribution in [0, 0.1) is 0 Å². The molecule has 5 heteroatoms. The van der Waals surface area contributed by atoms with Gasteiger partial charge in [0.1, 0.15) is 0 Å². The van der Waals surface area contributed by atoms with E-state index in [1.54, 1.807) is 24.6 Å². The Bertz CT molecular complexity index is 309. The Morgan fingerprint density at radius 3 is 0.862 bits per heavy atom. The van der Waals surface area contributed by atoms with Gasteiger partial charge in [0.25, 0.3) is 0 Å². The molecule has 0 rings (SSSR count). The summed E-state index contributed by atoms with van der Waals surface area (Å²) in [6, 6.07) is 0. The average molecular weight is 469 g/mol. The van der Waals surface area contributed by atoms with Gasteiger partial charge >= 0.3 is 111 Å². The van der Waals surface area contributed by atoms with Crippen molar-refractivity contribution in [2.24, 2.45) is 0 Å². The molecule has 0 aromatic heterocycles. The first-order chi connectivity index (χ1) is 13.8. The van der Waals surface area contributed by atoms with Crippen LogP contribution >= 0.6 is 31.7 Å². The topological polar surface area (TPSA) is 40.5 Å². The molecule has 0 unspecified atom stereocenters. The van der Waals surface area contributed by atoms with Crippen LogP contribution in [0.3, 0.4) is 0 Å². The summed E-state index contributed by atoms with van der Waals surface area (Å²) < 4.78 is 0. The van der Waals surface area contributed by atoms with Gasteiger partial charge in [-0.1, -0.05) is 13.8 Å². The Labute approximate surface area is 195 Å². The first-order valence-electron chi connectivity index (χ1n) is 12.2. The van der Waals surface area contributed by atoms with Crippen LogP contribution in [-0.2, 0) is 0 Å². The number of aliphatic hydroxyl groups excluding tert-OH is 2. The van der Waals surface area contributed by atoms with Crippen molar-refractivity contribution < 1.29 is 10.2 Å². The van der Waals surface area contributed by atoms with E-state index in [4.69, 9.17) is 10.2 Å². The zero-order valence-electron chi connectivity index (χ0n) is 20.5. The fourth-order valence-corrected chi connectivity index (χ4v) is 9.71. The molecule has 0 spiro atoms. The van der Waals surface area contributed by atoms with Crippen molar-refractivity contribution in [1.29, 1.82) is 0 Å². The Kier molecular flexibility index (Phi) is 30.6. The standard InChI is InChI=1S/C16H37P.2C4H8OS/c1-5-9-13-17(14-10-6-2,15-11-7-3)16-12-8-4;2*1-2-3-4(5)6/h17H,5-16H2,1-4H3;2*2-3H2,1H3,(H,5,6). The van der Waals surface area contributed by atoms with Gasteiger partial charge in [0.2, 0.25) is 0 Å². The molecule has 178 valence electrons. The molecule has 0 aliphatic rings. The van der Waals surface area contributed by atoms with Crippen LogP contribution in [-0.4, -0.2) is 45.0 Å². The van der Waals surface area contributed by atoms with Gasteiger partial charge in [-0.15, -0.1) is 0 Å². The minimum atomic E-state index is -0.879. The van der Waals surface area contributed by atoms with E-state index < -0.39 is 7.26 Å². The number of unbranched alkanes of at least 4 members (excludes halogenated alkanes) is 4. The van der Waals surface area contributed by atoms with Crippen LogP contribution < -0.4 is 0 Å². The van der Waals surface area contributed by atoms with Crippen molar-refractivity contribution in [3.63, 3.8) is 0 Å². The van der Waals surface area contributed by atoms with Gasteiger partial charge in [-0.25, -0.2) is 0 Å². The summed E-state index contributed by atoms with van der Waals surface area (Å²) in [5.41, 5.74) is 0. The van der Waals surface area contributed by atoms with E-state index in [-0.39, 0.29) is 10.1 Å². The van der Waals surface area contributed by atoms with Crippen LogP contribution in [0.15, 0.2) is 0 Å². The average Bonchev–Trinajstić information content (AvgIpc) is 2.67. The maximum absolute atomic E-state index is 8.28. The van der Waals surface area contributed by atoms with Crippen LogP contribution in [0.4, 0.5) is 0 Å². The summed E-state index contributed by atoms with van der Waals surface area (Å²) in [7, 11) is -0.879. The van der Waals surface area contributed by atoms with Crippen LogP contribution in [0.1, 0.15) is 119 Å². The zero-order chi connectivity index (χ0) is 23.0. The van der Waals surface area contributed by atoms with Gasteiger partial charge in [0.05, 0.1) is 0 Å². The maximum atomic E-state index is 8.28. The summed E-state index contributed by atoms with van der Waals surface area (Å²) in [6.07, 6.45) is 21.3. The van der Waals surface area contributed by atoms with E-state index in [0.29, 0.717) is 12.8 Å². The molecule has 0 saturated carbocycles. The second-order valence-electron chi connectivity index (χ2n) is 8.20. The minimum absolute atomic E-state index is 0.123. The molecule has 0 aromatic rings. The van der Waals surface area contributed by atoms with Crippen molar-refractivity contribution in [3.05, 3.63) is 0 Å². The summed E-state index contributed by atoms with van der Waals surface area (Å²) >= 11 is 8.70. The molecule has 2 nitrogen and oxygen atoms in total. The molecule has 0 fully saturated rings. The van der Waals surface area contributed by atoms with Crippen molar-refractivity contribution >= 4 is 41.8 Å². The van der Waals surface area contributed by atoms with Crippen molar-refractivity contribution in [3.8, 4) is 0 Å². The summed E-state index contributed by atoms with van der Waals surface area (Å²) in [5, 5.41) is 16.8. The summed E-state index contributed by atoms with van der Waals surface area (Å²) in [5.74, 6) is 0. The number of hydrogen-bond donors (Lipinski definition) is 2. The van der Waals surface area contributed by atoms with E-state index in [1.165, 1.54) is 51.4 Å². The Balaban J connectivity index is -0.000000460. The molecule has 0 radical (unpaired) electrons. The van der Waals surface area contributed by atoms with E-state index in [0.717, 1.165) is 12.8 Å². The summed E-state index contributed by atoms with van der Waals surface area (Å²) in [4.78, 5) is 0. The van der Waals surface area contributed by atoms with Crippen LogP contribution in [0.2, 0.25) is 0 Å². The molecule has 0 amide bonds. The Hall–Kier alpha value is 0.210. The predicted molar refractivity (Wildman–Crippen MR) is 148 cm³/mol. The Morgan fingerprint density at radius 1 is 0.517 bits per heavy atom. The second kappa shape index (κ2) is 26.2. The van der Waals surface area contributed by atoms with Gasteiger partial charge < -0.3 is 10.2 Å². The zero-order valence-corrected chi connectivity index (χ0v) is 23.2. The van der Waals surface area contributed by atoms with Gasteiger partial charge in [-0.3, -0.25) is 0 Å². The molecule has 0 atom stereocenters. The second-order valence-corrected chi connectivity index (χ2v) is 14.1. The monoisotopic (exact) mass is 468 g/mol.